The summed E-state index contributed by atoms with van der Waals surface area (Å²) in [5, 5.41) is 3.43. The molecule has 0 atom stereocenters. The second-order valence-electron chi connectivity index (χ2n) is 7.32. The Morgan fingerprint density at radius 2 is 1.68 bits per heavy atom. The third-order valence-corrected chi connectivity index (χ3v) is 5.07. The molecule has 0 spiro atoms. The van der Waals surface area contributed by atoms with Gasteiger partial charge in [-0.05, 0) is 49.6 Å². The van der Waals surface area contributed by atoms with Gasteiger partial charge in [0, 0.05) is 12.0 Å². The molecular weight excluding hydrogens is 230 g/mol. The molecule has 1 aliphatic rings. The molecule has 0 radical (unpaired) electrons. The Labute approximate surface area is 118 Å². The van der Waals surface area contributed by atoms with E-state index in [0.717, 1.165) is 12.5 Å². The zero-order valence-electron chi connectivity index (χ0n) is 13.0. The van der Waals surface area contributed by atoms with Gasteiger partial charge in [0.05, 0.1) is 0 Å². The maximum atomic E-state index is 3.43. The van der Waals surface area contributed by atoms with Gasteiger partial charge in [-0.25, -0.2) is 0 Å². The maximum absolute atomic E-state index is 3.43. The second-order valence-corrected chi connectivity index (χ2v) is 7.32. The summed E-state index contributed by atoms with van der Waals surface area (Å²) in [6, 6.07) is 11.1. The highest BCUT2D eigenvalue weighted by atomic mass is 14.8. The molecule has 1 aromatic rings. The van der Waals surface area contributed by atoms with Crippen LogP contribution in [0, 0.1) is 11.3 Å². The summed E-state index contributed by atoms with van der Waals surface area (Å²) < 4.78 is 0. The van der Waals surface area contributed by atoms with E-state index in [1.165, 1.54) is 31.2 Å². The Balaban J connectivity index is 2.16. The highest BCUT2D eigenvalue weighted by Gasteiger charge is 2.39. The van der Waals surface area contributed by atoms with E-state index < -0.39 is 0 Å². The molecule has 1 aromatic carbocycles. The lowest BCUT2D eigenvalue weighted by atomic mass is 9.62. The van der Waals surface area contributed by atoms with E-state index in [4.69, 9.17) is 0 Å². The van der Waals surface area contributed by atoms with Crippen LogP contribution in [0.15, 0.2) is 30.3 Å². The van der Waals surface area contributed by atoms with Gasteiger partial charge in [0.25, 0.3) is 0 Å². The van der Waals surface area contributed by atoms with Crippen molar-refractivity contribution >= 4 is 0 Å². The first-order chi connectivity index (χ1) is 8.98. The molecule has 1 aliphatic carbocycles. The van der Waals surface area contributed by atoms with Crippen LogP contribution in [0.25, 0.3) is 0 Å². The number of rotatable bonds is 3. The third-order valence-electron chi connectivity index (χ3n) is 5.07. The van der Waals surface area contributed by atoms with Crippen molar-refractivity contribution in [2.45, 2.75) is 51.9 Å². The van der Waals surface area contributed by atoms with Gasteiger partial charge in [0.15, 0.2) is 0 Å². The summed E-state index contributed by atoms with van der Waals surface area (Å²) in [5.74, 6) is 0.876. The molecule has 0 unspecified atom stereocenters. The van der Waals surface area contributed by atoms with Crippen LogP contribution in [0.5, 0.6) is 0 Å². The quantitative estimate of drug-likeness (QED) is 0.849. The molecule has 1 saturated carbocycles. The molecule has 106 valence electrons. The van der Waals surface area contributed by atoms with Crippen molar-refractivity contribution in [1.82, 2.24) is 5.32 Å². The summed E-state index contributed by atoms with van der Waals surface area (Å²) in [5.41, 5.74) is 2.34. The zero-order valence-corrected chi connectivity index (χ0v) is 13.0. The van der Waals surface area contributed by atoms with Crippen molar-refractivity contribution in [2.24, 2.45) is 11.3 Å². The molecule has 2 rings (SSSR count). The summed E-state index contributed by atoms with van der Waals surface area (Å²) in [6.45, 7) is 8.29. The molecule has 1 fully saturated rings. The van der Waals surface area contributed by atoms with Crippen molar-refractivity contribution in [1.29, 1.82) is 0 Å². The van der Waals surface area contributed by atoms with E-state index in [9.17, 15) is 0 Å². The minimum atomic E-state index is 0.359. The Morgan fingerprint density at radius 1 is 1.11 bits per heavy atom. The van der Waals surface area contributed by atoms with Gasteiger partial charge in [-0.3, -0.25) is 0 Å². The fourth-order valence-electron chi connectivity index (χ4n) is 3.73. The summed E-state index contributed by atoms with van der Waals surface area (Å²) in [7, 11) is 2.08. The van der Waals surface area contributed by atoms with Crippen LogP contribution < -0.4 is 5.32 Å². The van der Waals surface area contributed by atoms with Crippen molar-refractivity contribution in [3.8, 4) is 0 Å². The third kappa shape index (κ3) is 3.20. The van der Waals surface area contributed by atoms with Gasteiger partial charge in [0.1, 0.15) is 0 Å². The van der Waals surface area contributed by atoms with Crippen LogP contribution in [-0.4, -0.2) is 13.6 Å². The minimum absolute atomic E-state index is 0.359. The van der Waals surface area contributed by atoms with Crippen molar-refractivity contribution in [3.05, 3.63) is 35.9 Å². The Morgan fingerprint density at radius 3 is 2.16 bits per heavy atom. The van der Waals surface area contributed by atoms with Gasteiger partial charge in [-0.1, -0.05) is 51.1 Å². The molecule has 1 N–H and O–H groups in total. The topological polar surface area (TPSA) is 12.0 Å². The standard InChI is InChI=1S/C18H29N/c1-17(2,3)15-10-12-18(13-11-15,14-19-4)16-8-6-5-7-9-16/h5-9,15,19H,10-14H2,1-4H3. The molecule has 0 amide bonds. The highest BCUT2D eigenvalue weighted by Crippen LogP contribution is 2.46. The normalized spacial score (nSPS) is 28.3. The zero-order chi connectivity index (χ0) is 13.9. The van der Waals surface area contributed by atoms with E-state index in [2.05, 4.69) is 63.5 Å². The lowest BCUT2D eigenvalue weighted by Gasteiger charge is -2.44. The van der Waals surface area contributed by atoms with E-state index in [1.54, 1.807) is 0 Å². The summed E-state index contributed by atoms with van der Waals surface area (Å²) in [4.78, 5) is 0. The fraction of sp³-hybridized carbons (Fsp3) is 0.667. The minimum Gasteiger partial charge on any atom is -0.319 e. The number of benzene rings is 1. The molecule has 1 nitrogen and oxygen atoms in total. The van der Waals surface area contributed by atoms with Crippen molar-refractivity contribution in [2.75, 3.05) is 13.6 Å². The average molecular weight is 259 g/mol. The van der Waals surface area contributed by atoms with Gasteiger partial charge in [0.2, 0.25) is 0 Å². The van der Waals surface area contributed by atoms with Crippen molar-refractivity contribution in [3.63, 3.8) is 0 Å². The Bertz CT molecular complexity index is 380. The fourth-order valence-corrected chi connectivity index (χ4v) is 3.73. The first-order valence-electron chi connectivity index (χ1n) is 7.68. The van der Waals surface area contributed by atoms with Crippen LogP contribution in [0.3, 0.4) is 0 Å². The monoisotopic (exact) mass is 259 g/mol. The Hall–Kier alpha value is -0.820. The SMILES string of the molecule is CNCC1(c2ccccc2)CCC(C(C)(C)C)CC1. The van der Waals surface area contributed by atoms with E-state index in [-0.39, 0.29) is 0 Å². The van der Waals surface area contributed by atoms with Gasteiger partial charge < -0.3 is 5.32 Å². The number of likely N-dealkylation sites (N-methyl/N-ethyl adjacent to an activating group) is 1. The number of hydrogen-bond acceptors (Lipinski definition) is 1. The van der Waals surface area contributed by atoms with E-state index >= 15 is 0 Å². The van der Waals surface area contributed by atoms with E-state index in [0.29, 0.717) is 10.8 Å². The molecule has 1 heteroatoms. The maximum Gasteiger partial charge on any atom is 0.00778 e. The number of nitrogens with one attached hydrogen (secondary N) is 1. The van der Waals surface area contributed by atoms with Crippen LogP contribution in [-0.2, 0) is 5.41 Å². The number of hydrogen-bond donors (Lipinski definition) is 1. The Kier molecular flexibility index (Phi) is 4.35. The van der Waals surface area contributed by atoms with Gasteiger partial charge in [-0.15, -0.1) is 0 Å². The molecule has 19 heavy (non-hydrogen) atoms. The lowest BCUT2D eigenvalue weighted by Crippen LogP contribution is -2.42. The molecule has 0 saturated heterocycles. The molecule has 0 aromatic heterocycles. The lowest BCUT2D eigenvalue weighted by molar-refractivity contribution is 0.131. The van der Waals surface area contributed by atoms with Crippen molar-refractivity contribution < 1.29 is 0 Å². The molecule has 0 heterocycles. The van der Waals surface area contributed by atoms with E-state index in [1.807, 2.05) is 0 Å². The predicted molar refractivity (Wildman–Crippen MR) is 83.5 cm³/mol. The largest absolute Gasteiger partial charge is 0.319 e. The molecule has 0 bridgehead atoms. The van der Waals surface area contributed by atoms with Gasteiger partial charge >= 0.3 is 0 Å². The van der Waals surface area contributed by atoms with Crippen LogP contribution >= 0.6 is 0 Å². The molecular formula is C18H29N. The van der Waals surface area contributed by atoms with Crippen LogP contribution in [0.2, 0.25) is 0 Å². The predicted octanol–water partition coefficient (Wildman–Crippen LogP) is 4.38. The van der Waals surface area contributed by atoms with Crippen LogP contribution in [0.1, 0.15) is 52.0 Å². The van der Waals surface area contributed by atoms with Gasteiger partial charge in [-0.2, -0.15) is 0 Å². The first-order valence-corrected chi connectivity index (χ1v) is 7.68. The average Bonchev–Trinajstić information content (AvgIpc) is 2.39. The highest BCUT2D eigenvalue weighted by molar-refractivity contribution is 5.26. The summed E-state index contributed by atoms with van der Waals surface area (Å²) >= 11 is 0. The summed E-state index contributed by atoms with van der Waals surface area (Å²) in [6.07, 6.45) is 5.36. The smallest absolute Gasteiger partial charge is 0.00778 e. The molecule has 0 aliphatic heterocycles. The van der Waals surface area contributed by atoms with Crippen LogP contribution in [0.4, 0.5) is 0 Å². The first kappa shape index (κ1) is 14.6. The second kappa shape index (κ2) is 5.66.